The van der Waals surface area contributed by atoms with E-state index in [0.717, 1.165) is 36.3 Å². The summed E-state index contributed by atoms with van der Waals surface area (Å²) in [6, 6.07) is 30.0. The van der Waals surface area contributed by atoms with E-state index in [1.54, 1.807) is 0 Å². The summed E-state index contributed by atoms with van der Waals surface area (Å²) in [7, 11) is 0. The predicted molar refractivity (Wildman–Crippen MR) is 162 cm³/mol. The maximum atomic E-state index is 4.98. The molecule has 0 aliphatic heterocycles. The third-order valence-electron chi connectivity index (χ3n) is 8.45. The van der Waals surface area contributed by atoms with Crippen molar-refractivity contribution in [1.82, 2.24) is 0 Å². The lowest BCUT2D eigenvalue weighted by atomic mass is 10.00. The molecule has 0 radical (unpaired) electrons. The summed E-state index contributed by atoms with van der Waals surface area (Å²) >= 11 is 0. The molecule has 0 saturated heterocycles. The van der Waals surface area contributed by atoms with Crippen LogP contribution in [-0.4, -0.2) is 12.4 Å². The lowest BCUT2D eigenvalue weighted by Gasteiger charge is -2.22. The van der Waals surface area contributed by atoms with E-state index in [9.17, 15) is 0 Å². The van der Waals surface area contributed by atoms with Crippen molar-refractivity contribution in [3.63, 3.8) is 0 Å². The van der Waals surface area contributed by atoms with Gasteiger partial charge >= 0.3 is 0 Å². The Morgan fingerprint density at radius 2 is 0.974 bits per heavy atom. The van der Waals surface area contributed by atoms with Gasteiger partial charge in [-0.05, 0) is 71.9 Å². The first-order valence-electron chi connectivity index (χ1n) is 14.5. The Morgan fingerprint density at radius 3 is 1.32 bits per heavy atom. The Hall–Kier alpha value is -3.40. The van der Waals surface area contributed by atoms with Gasteiger partial charge in [0.2, 0.25) is 0 Å². The van der Waals surface area contributed by atoms with E-state index in [4.69, 9.17) is 10.2 Å². The molecule has 3 aromatic carbocycles. The van der Waals surface area contributed by atoms with Gasteiger partial charge in [0.1, 0.15) is 0 Å². The van der Waals surface area contributed by atoms with Crippen LogP contribution in [0.15, 0.2) is 95.1 Å². The Balaban J connectivity index is 1.29. The highest BCUT2D eigenvalue weighted by atomic mass is 15.5. The zero-order valence-electron chi connectivity index (χ0n) is 23.0. The second-order valence-electron chi connectivity index (χ2n) is 11.3. The molecule has 2 aliphatic carbocycles. The fourth-order valence-electron chi connectivity index (χ4n) is 5.82. The van der Waals surface area contributed by atoms with Gasteiger partial charge in [0, 0.05) is 12.4 Å². The molecule has 4 unspecified atom stereocenters. The largest absolute Gasteiger partial charge is 0.261 e. The van der Waals surface area contributed by atoms with Crippen LogP contribution in [0.5, 0.6) is 0 Å². The van der Waals surface area contributed by atoms with Crippen LogP contribution in [0.3, 0.4) is 0 Å². The normalized spacial score (nSPS) is 23.4. The molecule has 2 aliphatic rings. The molecular formula is C34H42N4. The summed E-state index contributed by atoms with van der Waals surface area (Å²) in [6.07, 6.45) is 12.1. The molecule has 0 heterocycles. The zero-order chi connectivity index (χ0) is 26.2. The summed E-state index contributed by atoms with van der Waals surface area (Å²) in [5.41, 5.74) is 4.76. The minimum Gasteiger partial charge on any atom is -0.261 e. The standard InChI is InChI=1S/C34H42N4/c1-27-11-9-13-31(27)23-35-37(33-15-5-3-6-16-33)25-29-19-21-30(22-20-29)26-38(34-17-7-4-8-18-34)36-24-32-14-10-12-28(32)2/h3-8,15-24,27-28,31-32H,9-14,25-26H2,1-2H3/b35-23+,36-24+. The smallest absolute Gasteiger partial charge is 0.0666 e. The maximum Gasteiger partial charge on any atom is 0.0666 e. The van der Waals surface area contributed by atoms with E-state index in [-0.39, 0.29) is 0 Å². The number of hydrogen-bond donors (Lipinski definition) is 0. The van der Waals surface area contributed by atoms with Crippen LogP contribution < -0.4 is 10.0 Å². The highest BCUT2D eigenvalue weighted by Gasteiger charge is 2.23. The molecule has 5 rings (SSSR count). The van der Waals surface area contributed by atoms with Crippen LogP contribution in [0.1, 0.15) is 63.5 Å². The fraction of sp³-hybridized carbons (Fsp3) is 0.412. The van der Waals surface area contributed by atoms with Crippen molar-refractivity contribution in [1.29, 1.82) is 0 Å². The SMILES string of the molecule is CC1CCCC1/C=N/N(Cc1ccc(CN(/N=C/C2CCCC2C)c2ccccc2)cc1)c1ccccc1. The lowest BCUT2D eigenvalue weighted by Crippen LogP contribution is -2.19. The van der Waals surface area contributed by atoms with Gasteiger partial charge in [0.05, 0.1) is 24.5 Å². The lowest BCUT2D eigenvalue weighted by molar-refractivity contribution is 0.536. The van der Waals surface area contributed by atoms with Crippen LogP contribution in [0.2, 0.25) is 0 Å². The van der Waals surface area contributed by atoms with E-state index in [1.165, 1.54) is 49.7 Å². The van der Waals surface area contributed by atoms with Gasteiger partial charge in [-0.15, -0.1) is 0 Å². The van der Waals surface area contributed by atoms with Gasteiger partial charge in [0.15, 0.2) is 0 Å². The highest BCUT2D eigenvalue weighted by molar-refractivity contribution is 5.65. The van der Waals surface area contributed by atoms with Crippen LogP contribution >= 0.6 is 0 Å². The Labute approximate surface area is 229 Å². The molecule has 0 aromatic heterocycles. The quantitative estimate of drug-likeness (QED) is 0.204. The highest BCUT2D eigenvalue weighted by Crippen LogP contribution is 2.31. The van der Waals surface area contributed by atoms with Gasteiger partial charge in [-0.1, -0.05) is 100 Å². The van der Waals surface area contributed by atoms with Gasteiger partial charge < -0.3 is 0 Å². The topological polar surface area (TPSA) is 31.2 Å². The van der Waals surface area contributed by atoms with Gasteiger partial charge in [-0.25, -0.2) is 0 Å². The minimum atomic E-state index is 0.584. The molecular weight excluding hydrogens is 464 g/mol. The zero-order valence-corrected chi connectivity index (χ0v) is 23.0. The van der Waals surface area contributed by atoms with Crippen molar-refractivity contribution >= 4 is 23.8 Å². The summed E-state index contributed by atoms with van der Waals surface area (Å²) in [5.74, 6) is 2.62. The number of rotatable bonds is 10. The monoisotopic (exact) mass is 506 g/mol. The molecule has 38 heavy (non-hydrogen) atoms. The van der Waals surface area contributed by atoms with E-state index >= 15 is 0 Å². The average molecular weight is 507 g/mol. The molecule has 4 atom stereocenters. The average Bonchev–Trinajstić information content (AvgIpc) is 3.57. The van der Waals surface area contributed by atoms with Crippen molar-refractivity contribution in [2.24, 2.45) is 33.9 Å². The first-order chi connectivity index (χ1) is 18.7. The van der Waals surface area contributed by atoms with E-state index in [0.29, 0.717) is 11.8 Å². The number of para-hydroxylation sites is 2. The number of benzene rings is 3. The second-order valence-corrected chi connectivity index (χ2v) is 11.3. The number of hydrogen-bond acceptors (Lipinski definition) is 4. The van der Waals surface area contributed by atoms with Gasteiger partial charge in [0.25, 0.3) is 0 Å². The fourth-order valence-corrected chi connectivity index (χ4v) is 5.82. The summed E-state index contributed by atoms with van der Waals surface area (Å²) in [5, 5.41) is 14.2. The number of nitrogens with zero attached hydrogens (tertiary/aromatic N) is 4. The Bertz CT molecular complexity index is 1080. The van der Waals surface area contributed by atoms with Crippen LogP contribution in [-0.2, 0) is 13.1 Å². The second kappa shape index (κ2) is 12.9. The molecule has 4 heteroatoms. The van der Waals surface area contributed by atoms with Gasteiger partial charge in [-0.3, -0.25) is 10.0 Å². The van der Waals surface area contributed by atoms with E-state index in [1.807, 2.05) is 0 Å². The number of anilines is 2. The van der Waals surface area contributed by atoms with Gasteiger partial charge in [-0.2, -0.15) is 10.2 Å². The van der Waals surface area contributed by atoms with Crippen LogP contribution in [0.4, 0.5) is 11.4 Å². The first kappa shape index (κ1) is 26.2. The molecule has 2 saturated carbocycles. The minimum absolute atomic E-state index is 0.584. The van der Waals surface area contributed by atoms with Crippen molar-refractivity contribution < 1.29 is 0 Å². The van der Waals surface area contributed by atoms with Crippen molar-refractivity contribution in [3.05, 3.63) is 96.1 Å². The Kier molecular flexibility index (Phi) is 8.90. The van der Waals surface area contributed by atoms with Crippen molar-refractivity contribution in [3.8, 4) is 0 Å². The van der Waals surface area contributed by atoms with Crippen LogP contribution in [0.25, 0.3) is 0 Å². The third kappa shape index (κ3) is 6.92. The maximum absolute atomic E-state index is 4.98. The molecule has 0 bridgehead atoms. The van der Waals surface area contributed by atoms with E-state index in [2.05, 4.69) is 121 Å². The van der Waals surface area contributed by atoms with E-state index < -0.39 is 0 Å². The summed E-state index contributed by atoms with van der Waals surface area (Å²) < 4.78 is 0. The molecule has 3 aromatic rings. The summed E-state index contributed by atoms with van der Waals surface area (Å²) in [4.78, 5) is 0. The van der Waals surface area contributed by atoms with Crippen LogP contribution in [0, 0.1) is 23.7 Å². The Morgan fingerprint density at radius 1 is 0.579 bits per heavy atom. The van der Waals surface area contributed by atoms with Crippen molar-refractivity contribution in [2.45, 2.75) is 65.5 Å². The van der Waals surface area contributed by atoms with Crippen molar-refractivity contribution in [2.75, 3.05) is 10.0 Å². The molecule has 4 nitrogen and oxygen atoms in total. The molecule has 0 spiro atoms. The number of hydrazone groups is 2. The molecule has 198 valence electrons. The molecule has 0 amide bonds. The molecule has 2 fully saturated rings. The summed E-state index contributed by atoms with van der Waals surface area (Å²) in [6.45, 7) is 6.21. The first-order valence-corrected chi connectivity index (χ1v) is 14.5. The molecule has 0 N–H and O–H groups in total. The predicted octanol–water partition coefficient (Wildman–Crippen LogP) is 8.54. The third-order valence-corrected chi connectivity index (χ3v) is 8.45.